The molecule has 4 nitrogen and oxygen atoms in total. The second-order valence-electron chi connectivity index (χ2n) is 14.9. The van der Waals surface area contributed by atoms with Gasteiger partial charge < -0.3 is 15.3 Å². The first-order valence-electron chi connectivity index (χ1n) is 13.9. The fraction of sp³-hybridized carbons (Fsp3) is 0.900. The Hall–Kier alpha value is -0.870. The van der Waals surface area contributed by atoms with Gasteiger partial charge >= 0.3 is 5.97 Å². The second-order valence-corrected chi connectivity index (χ2v) is 14.9. The summed E-state index contributed by atoms with van der Waals surface area (Å²) in [5.41, 5.74) is 0.0736. The number of aliphatic hydroxyl groups excluding tert-OH is 2. The van der Waals surface area contributed by atoms with Gasteiger partial charge in [-0.05, 0) is 109 Å². The molecule has 4 fully saturated rings. The molecule has 5 rings (SSSR count). The van der Waals surface area contributed by atoms with Crippen LogP contribution in [0.25, 0.3) is 0 Å². The van der Waals surface area contributed by atoms with Crippen molar-refractivity contribution in [2.75, 3.05) is 6.61 Å². The first kappa shape index (κ1) is 24.8. The molecule has 4 heteroatoms. The minimum absolute atomic E-state index is 0.0487. The highest BCUT2D eigenvalue weighted by Gasteiger charge is 2.71. The maximum absolute atomic E-state index is 13.5. The Morgan fingerprint density at radius 2 is 1.62 bits per heavy atom. The number of aliphatic carboxylic acids is 1. The lowest BCUT2D eigenvalue weighted by molar-refractivity contribution is -0.214. The van der Waals surface area contributed by atoms with Crippen LogP contribution in [-0.4, -0.2) is 34.0 Å². The minimum atomic E-state index is -0.804. The molecule has 192 valence electrons. The smallest absolute Gasteiger partial charge is 0.314 e. The van der Waals surface area contributed by atoms with Gasteiger partial charge in [0.15, 0.2) is 0 Å². The normalized spacial score (nSPS) is 54.1. The summed E-state index contributed by atoms with van der Waals surface area (Å²) in [6.07, 6.45) is 11.5. The van der Waals surface area contributed by atoms with Crippen molar-refractivity contribution < 1.29 is 20.1 Å². The van der Waals surface area contributed by atoms with Crippen LogP contribution in [0.2, 0.25) is 0 Å². The van der Waals surface area contributed by atoms with E-state index in [0.29, 0.717) is 11.8 Å². The van der Waals surface area contributed by atoms with E-state index in [1.165, 1.54) is 5.57 Å². The Balaban J connectivity index is 1.63. The summed E-state index contributed by atoms with van der Waals surface area (Å²) in [6, 6.07) is 0. The fourth-order valence-corrected chi connectivity index (χ4v) is 10.7. The highest BCUT2D eigenvalue weighted by Crippen LogP contribution is 2.75. The Morgan fingerprint density at radius 1 is 0.941 bits per heavy atom. The van der Waals surface area contributed by atoms with Gasteiger partial charge in [0.2, 0.25) is 0 Å². The van der Waals surface area contributed by atoms with E-state index < -0.39 is 11.4 Å². The van der Waals surface area contributed by atoms with Crippen molar-refractivity contribution >= 4 is 5.97 Å². The van der Waals surface area contributed by atoms with Gasteiger partial charge in [-0.1, -0.05) is 53.2 Å². The van der Waals surface area contributed by atoms with E-state index in [0.717, 1.165) is 64.2 Å². The lowest BCUT2D eigenvalue weighted by atomic mass is 9.33. The third kappa shape index (κ3) is 2.88. The molecule has 0 heterocycles. The molecule has 0 spiro atoms. The second kappa shape index (κ2) is 7.34. The average Bonchev–Trinajstić information content (AvgIpc) is 2.77. The zero-order valence-corrected chi connectivity index (χ0v) is 22.4. The van der Waals surface area contributed by atoms with Crippen LogP contribution in [0, 0.1) is 50.2 Å². The standard InChI is InChI=1S/C30H48O4/c1-25(2)21-9-12-29(6)22(28(21,5)11-10-23(25)32)8-7-19-20-17-26(3,18-31)13-14-27(20,4)15-16-30(19,29)24(33)34/h7,20-23,31-32H,8-18H2,1-6H3,(H,33,34)/t20-,21-,22+,23?,26+,27+,28-,29+,30+/m0/s1. The van der Waals surface area contributed by atoms with Crippen molar-refractivity contribution in [1.82, 2.24) is 0 Å². The van der Waals surface area contributed by atoms with Gasteiger partial charge in [0.05, 0.1) is 11.5 Å². The van der Waals surface area contributed by atoms with E-state index in [2.05, 4.69) is 47.6 Å². The van der Waals surface area contributed by atoms with E-state index in [4.69, 9.17) is 0 Å². The lowest BCUT2D eigenvalue weighted by Crippen LogP contribution is -2.67. The van der Waals surface area contributed by atoms with E-state index >= 15 is 0 Å². The lowest BCUT2D eigenvalue weighted by Gasteiger charge is -2.70. The minimum Gasteiger partial charge on any atom is -0.481 e. The number of aliphatic hydroxyl groups is 2. The maximum Gasteiger partial charge on any atom is 0.314 e. The van der Waals surface area contributed by atoms with Crippen molar-refractivity contribution in [2.24, 2.45) is 50.2 Å². The van der Waals surface area contributed by atoms with Gasteiger partial charge in [0.25, 0.3) is 0 Å². The van der Waals surface area contributed by atoms with E-state index in [9.17, 15) is 20.1 Å². The first-order valence-corrected chi connectivity index (χ1v) is 13.9. The van der Waals surface area contributed by atoms with Crippen LogP contribution in [0.5, 0.6) is 0 Å². The van der Waals surface area contributed by atoms with E-state index in [-0.39, 0.29) is 45.7 Å². The quantitative estimate of drug-likeness (QED) is 0.418. The Morgan fingerprint density at radius 3 is 2.26 bits per heavy atom. The molecule has 0 bridgehead atoms. The zero-order valence-electron chi connectivity index (χ0n) is 22.4. The zero-order chi connectivity index (χ0) is 24.9. The number of hydrogen-bond acceptors (Lipinski definition) is 3. The SMILES string of the molecule is CC1(C)C(O)CC[C@]2(C)[C@H]3CC=C4[C@@H]5C[C@](C)(CO)CC[C@]5(C)CC[C@@]4(C(=O)O)[C@]3(C)CC[C@@H]12. The molecular weight excluding hydrogens is 424 g/mol. The third-order valence-electron chi connectivity index (χ3n) is 13.1. The molecule has 5 aliphatic carbocycles. The largest absolute Gasteiger partial charge is 0.481 e. The molecule has 1 unspecified atom stereocenters. The Labute approximate surface area is 206 Å². The average molecular weight is 473 g/mol. The predicted octanol–water partition coefficient (Wildman–Crippen LogP) is 6.21. The van der Waals surface area contributed by atoms with Gasteiger partial charge in [-0.25, -0.2) is 0 Å². The number of rotatable bonds is 2. The molecule has 9 atom stereocenters. The van der Waals surface area contributed by atoms with Crippen molar-refractivity contribution in [2.45, 2.75) is 112 Å². The Kier molecular flexibility index (Phi) is 5.36. The Bertz CT molecular complexity index is 907. The molecule has 0 saturated heterocycles. The van der Waals surface area contributed by atoms with Crippen molar-refractivity contribution in [1.29, 1.82) is 0 Å². The highest BCUT2D eigenvalue weighted by molar-refractivity contribution is 5.81. The summed E-state index contributed by atoms with van der Waals surface area (Å²) in [7, 11) is 0. The first-order chi connectivity index (χ1) is 15.7. The number of fused-ring (bicyclic) bond motifs is 7. The molecule has 5 aliphatic rings. The molecule has 0 aromatic carbocycles. The summed E-state index contributed by atoms with van der Waals surface area (Å²) in [6.45, 7) is 14.0. The third-order valence-corrected chi connectivity index (χ3v) is 13.1. The van der Waals surface area contributed by atoms with Crippen LogP contribution in [-0.2, 0) is 4.79 Å². The molecule has 0 aliphatic heterocycles. The molecule has 3 N–H and O–H groups in total. The van der Waals surface area contributed by atoms with Gasteiger partial charge in [-0.15, -0.1) is 0 Å². The molecule has 0 amide bonds. The van der Waals surface area contributed by atoms with E-state index in [1.807, 2.05) is 0 Å². The summed E-state index contributed by atoms with van der Waals surface area (Å²) >= 11 is 0. The van der Waals surface area contributed by atoms with Gasteiger partial charge in [-0.3, -0.25) is 4.79 Å². The molecule has 0 radical (unpaired) electrons. The van der Waals surface area contributed by atoms with Gasteiger partial charge in [-0.2, -0.15) is 0 Å². The number of carboxylic acids is 1. The van der Waals surface area contributed by atoms with Crippen molar-refractivity contribution in [3.8, 4) is 0 Å². The van der Waals surface area contributed by atoms with Crippen molar-refractivity contribution in [3.63, 3.8) is 0 Å². The summed E-state index contributed by atoms with van der Waals surface area (Å²) in [4.78, 5) is 13.5. The maximum atomic E-state index is 13.5. The van der Waals surface area contributed by atoms with Gasteiger partial charge in [0.1, 0.15) is 0 Å². The molecule has 34 heavy (non-hydrogen) atoms. The van der Waals surface area contributed by atoms with Crippen LogP contribution in [0.4, 0.5) is 0 Å². The summed E-state index contributed by atoms with van der Waals surface area (Å²) in [5, 5.41) is 32.2. The number of hydrogen-bond donors (Lipinski definition) is 3. The summed E-state index contributed by atoms with van der Waals surface area (Å²) < 4.78 is 0. The molecule has 0 aromatic heterocycles. The monoisotopic (exact) mass is 472 g/mol. The van der Waals surface area contributed by atoms with Crippen molar-refractivity contribution in [3.05, 3.63) is 11.6 Å². The fourth-order valence-electron chi connectivity index (χ4n) is 10.7. The molecular formula is C30H48O4. The molecule has 4 saturated carbocycles. The predicted molar refractivity (Wildman–Crippen MR) is 134 cm³/mol. The highest BCUT2D eigenvalue weighted by atomic mass is 16.4. The van der Waals surface area contributed by atoms with E-state index in [1.54, 1.807) is 0 Å². The number of carboxylic acid groups (broad SMARTS) is 1. The van der Waals surface area contributed by atoms with Crippen LogP contribution in [0.15, 0.2) is 11.6 Å². The van der Waals surface area contributed by atoms with Crippen LogP contribution < -0.4 is 0 Å². The summed E-state index contributed by atoms with van der Waals surface area (Å²) in [5.74, 6) is 0.379. The van der Waals surface area contributed by atoms with Crippen LogP contribution in [0.3, 0.4) is 0 Å². The van der Waals surface area contributed by atoms with Gasteiger partial charge in [0, 0.05) is 6.61 Å². The topological polar surface area (TPSA) is 77.8 Å². The van der Waals surface area contributed by atoms with Crippen LogP contribution >= 0.6 is 0 Å². The number of allylic oxidation sites excluding steroid dienone is 1. The van der Waals surface area contributed by atoms with Crippen LogP contribution in [0.1, 0.15) is 106 Å². The molecule has 0 aromatic rings. The number of carbonyl (C=O) groups is 1.